The van der Waals surface area contributed by atoms with Crippen molar-refractivity contribution >= 4 is 29.2 Å². The van der Waals surface area contributed by atoms with Crippen LogP contribution in [0.2, 0.25) is 5.02 Å². The number of rotatable bonds is 5. The maximum Gasteiger partial charge on any atom is 1.00 e. The number of halogens is 4. The number of aromatic carboxylic acids is 1. The molecule has 0 aliphatic heterocycles. The number of carbonyl (C=O) groups excluding carboxylic acids is 1. The first-order valence-corrected chi connectivity index (χ1v) is 8.75. The van der Waals surface area contributed by atoms with Gasteiger partial charge in [0.2, 0.25) is 0 Å². The van der Waals surface area contributed by atoms with Gasteiger partial charge in [0, 0.05) is 11.3 Å². The summed E-state index contributed by atoms with van der Waals surface area (Å²) in [5.74, 6) is -2.42. The number of carboxylic acid groups (broad SMARTS) is 1. The molecule has 0 spiro atoms. The Morgan fingerprint density at radius 2 is 1.70 bits per heavy atom. The number of hydrogen-bond acceptors (Lipinski definition) is 4. The summed E-state index contributed by atoms with van der Waals surface area (Å²) in [6.45, 7) is 0. The first-order chi connectivity index (χ1) is 13.1. The van der Waals surface area contributed by atoms with Crippen LogP contribution >= 0.6 is 11.6 Å². The molecule has 2 aromatic rings. The zero-order valence-corrected chi connectivity index (χ0v) is 16.5. The molecule has 6 nitrogen and oxygen atoms in total. The molecule has 0 saturated heterocycles. The number of ether oxygens (including phenoxy) is 1. The molecule has 3 rings (SSSR count). The van der Waals surface area contributed by atoms with E-state index < -0.39 is 29.4 Å². The molecule has 30 heavy (non-hydrogen) atoms. The molecule has 0 aromatic heterocycles. The molecule has 11 heteroatoms. The Balaban J connectivity index is 0.00000225. The summed E-state index contributed by atoms with van der Waals surface area (Å²) in [5.41, 5.74) is -1.16. The molecule has 0 radical (unpaired) electrons. The first kappa shape index (κ1) is 25.9. The maximum atomic E-state index is 13.5. The van der Waals surface area contributed by atoms with Crippen molar-refractivity contribution in [1.29, 1.82) is 0 Å². The number of nitrogens with one attached hydrogen (secondary N) is 1. The Kier molecular flexibility index (Phi) is 8.81. The fraction of sp³-hybridized carbons (Fsp3) is 0.263. The fourth-order valence-corrected chi connectivity index (χ4v) is 2.87. The third-order valence-electron chi connectivity index (χ3n) is 4.34. The quantitative estimate of drug-likeness (QED) is 0.697. The minimum atomic E-state index is -4.75. The van der Waals surface area contributed by atoms with E-state index in [0.29, 0.717) is 18.9 Å². The van der Waals surface area contributed by atoms with E-state index in [1.54, 1.807) is 0 Å². The van der Waals surface area contributed by atoms with Gasteiger partial charge in [0.25, 0.3) is 5.91 Å². The second-order valence-electron chi connectivity index (χ2n) is 6.34. The molecule has 1 aliphatic carbocycles. The Labute approximate surface area is 186 Å². The van der Waals surface area contributed by atoms with Crippen molar-refractivity contribution < 1.29 is 56.9 Å². The Morgan fingerprint density at radius 1 is 1.10 bits per heavy atom. The zero-order chi connectivity index (χ0) is 20.5. The summed E-state index contributed by atoms with van der Waals surface area (Å²) in [4.78, 5) is 23.2. The van der Waals surface area contributed by atoms with Crippen LogP contribution in [0.3, 0.4) is 0 Å². The second kappa shape index (κ2) is 10.2. The number of anilines is 1. The molecule has 1 amide bonds. The van der Waals surface area contributed by atoms with Gasteiger partial charge in [0.15, 0.2) is 5.75 Å². The molecule has 1 fully saturated rings. The van der Waals surface area contributed by atoms with Gasteiger partial charge in [-0.3, -0.25) is 4.79 Å². The minimum Gasteiger partial charge on any atom is -0.870 e. The third kappa shape index (κ3) is 5.92. The van der Waals surface area contributed by atoms with Crippen LogP contribution in [0.15, 0.2) is 36.4 Å². The van der Waals surface area contributed by atoms with Crippen LogP contribution in [0.5, 0.6) is 5.75 Å². The van der Waals surface area contributed by atoms with Crippen molar-refractivity contribution in [3.05, 3.63) is 58.1 Å². The molecule has 0 heterocycles. The number of hydrogen-bond donors (Lipinski definition) is 2. The summed E-state index contributed by atoms with van der Waals surface area (Å²) >= 11 is 6.00. The van der Waals surface area contributed by atoms with Crippen molar-refractivity contribution in [2.24, 2.45) is 0 Å². The van der Waals surface area contributed by atoms with Gasteiger partial charge in [-0.1, -0.05) is 11.6 Å². The zero-order valence-electron chi connectivity index (χ0n) is 15.8. The van der Waals surface area contributed by atoms with Gasteiger partial charge in [-0.2, -0.15) is 13.2 Å². The van der Waals surface area contributed by atoms with Gasteiger partial charge in [0.1, 0.15) is 0 Å². The van der Waals surface area contributed by atoms with Crippen LogP contribution in [0.4, 0.5) is 18.9 Å². The van der Waals surface area contributed by atoms with Crippen LogP contribution in [0.1, 0.15) is 45.5 Å². The monoisotopic (exact) mass is 437 g/mol. The van der Waals surface area contributed by atoms with E-state index >= 15 is 0 Å². The predicted molar refractivity (Wildman–Crippen MR) is 98.0 cm³/mol. The van der Waals surface area contributed by atoms with Gasteiger partial charge < -0.3 is 20.6 Å². The predicted octanol–water partition coefficient (Wildman–Crippen LogP) is 2.07. The number of benzene rings is 2. The van der Waals surface area contributed by atoms with E-state index in [9.17, 15) is 22.8 Å². The van der Waals surface area contributed by atoms with Gasteiger partial charge in [-0.05, 0) is 55.7 Å². The molecular weight excluding hydrogens is 422 g/mol. The molecule has 0 unspecified atom stereocenters. The van der Waals surface area contributed by atoms with Crippen LogP contribution in [0.25, 0.3) is 0 Å². The van der Waals surface area contributed by atoms with Crippen LogP contribution in [-0.4, -0.2) is 28.6 Å². The minimum absolute atomic E-state index is 0. The van der Waals surface area contributed by atoms with Crippen molar-refractivity contribution in [2.45, 2.75) is 31.5 Å². The molecule has 0 bridgehead atoms. The smallest absolute Gasteiger partial charge is 0.870 e. The second-order valence-corrected chi connectivity index (χ2v) is 6.75. The van der Waals surface area contributed by atoms with Gasteiger partial charge in [-0.15, -0.1) is 0 Å². The molecule has 156 valence electrons. The third-order valence-corrected chi connectivity index (χ3v) is 4.62. The number of carbonyl (C=O) groups is 2. The van der Waals surface area contributed by atoms with Crippen molar-refractivity contribution in [2.75, 3.05) is 5.32 Å². The molecule has 1 aliphatic rings. The summed E-state index contributed by atoms with van der Waals surface area (Å²) in [6.07, 6.45) is -2.87. The fourth-order valence-electron chi connectivity index (χ4n) is 2.61. The molecule has 1 saturated carbocycles. The first-order valence-electron chi connectivity index (χ1n) is 8.37. The number of carboxylic acids is 1. The van der Waals surface area contributed by atoms with Crippen LogP contribution < -0.4 is 28.9 Å². The van der Waals surface area contributed by atoms with Crippen molar-refractivity contribution in [3.63, 3.8) is 0 Å². The summed E-state index contributed by atoms with van der Waals surface area (Å²) in [5, 5.41) is 11.0. The summed E-state index contributed by atoms with van der Waals surface area (Å²) in [7, 11) is 0. The van der Waals surface area contributed by atoms with Gasteiger partial charge >= 0.3 is 31.0 Å². The normalized spacial score (nSPS) is 13.3. The average Bonchev–Trinajstić information content (AvgIpc) is 2.58. The van der Waals surface area contributed by atoms with E-state index in [-0.39, 0.29) is 52.3 Å². The van der Waals surface area contributed by atoms with Gasteiger partial charge in [0.05, 0.1) is 22.3 Å². The average molecular weight is 438 g/mol. The van der Waals surface area contributed by atoms with Crippen molar-refractivity contribution in [3.8, 4) is 5.75 Å². The van der Waals surface area contributed by atoms with E-state index in [4.69, 9.17) is 21.4 Å². The van der Waals surface area contributed by atoms with E-state index in [1.807, 2.05) is 0 Å². The van der Waals surface area contributed by atoms with Crippen LogP contribution in [0, 0.1) is 0 Å². The van der Waals surface area contributed by atoms with E-state index in [1.165, 1.54) is 24.3 Å². The Hall–Kier alpha value is -2.18. The molecule has 2 aromatic carbocycles. The van der Waals surface area contributed by atoms with E-state index in [2.05, 4.69) is 5.32 Å². The largest absolute Gasteiger partial charge is 1.00 e. The Morgan fingerprint density at radius 3 is 2.17 bits per heavy atom. The standard InChI is InChI=1S/C19H15ClF3NO4.Li.H2O/c20-15-9-11(17(25)24-12-6-4-10(5-7-12)18(26)27)8-14(19(21,22)23)16(15)28-13-2-1-3-13;;/h4-9,13H,1-3H2,(H,24,25)(H,26,27);;1H2/q;+1;/p-1. The molecule has 0 atom stereocenters. The van der Waals surface area contributed by atoms with Gasteiger partial charge in [-0.25, -0.2) is 4.79 Å². The topological polar surface area (TPSA) is 106 Å². The summed E-state index contributed by atoms with van der Waals surface area (Å²) in [6, 6.07) is 7.01. The van der Waals surface area contributed by atoms with Crippen LogP contribution in [-0.2, 0) is 6.18 Å². The number of amides is 1. The number of alkyl halides is 3. The van der Waals surface area contributed by atoms with Crippen molar-refractivity contribution in [1.82, 2.24) is 0 Å². The summed E-state index contributed by atoms with van der Waals surface area (Å²) < 4.78 is 45.8. The molecular formula is C19H16ClF3LiNO5. The van der Waals surface area contributed by atoms with E-state index in [0.717, 1.165) is 12.5 Å². The molecule has 3 N–H and O–H groups in total. The SMILES string of the molecule is O=C(O)c1ccc(NC(=O)c2cc(Cl)c(OC3CCC3)c(C(F)(F)F)c2)cc1.[Li+].[OH-]. The maximum absolute atomic E-state index is 13.5. The Bertz CT molecular complexity index is 918.